The summed E-state index contributed by atoms with van der Waals surface area (Å²) in [4.78, 5) is 2.31. The van der Waals surface area contributed by atoms with E-state index in [0.29, 0.717) is 23.2 Å². The monoisotopic (exact) mass is 284 g/mol. The maximum atomic E-state index is 13.9. The molecule has 0 amide bonds. The summed E-state index contributed by atoms with van der Waals surface area (Å²) >= 11 is 6.12. The van der Waals surface area contributed by atoms with E-state index in [1.807, 2.05) is 0 Å². The third kappa shape index (κ3) is 3.28. The fourth-order valence-corrected chi connectivity index (χ4v) is 2.74. The van der Waals surface area contributed by atoms with Gasteiger partial charge in [-0.05, 0) is 32.4 Å². The van der Waals surface area contributed by atoms with Crippen molar-refractivity contribution in [1.29, 1.82) is 0 Å². The molecule has 0 bridgehead atoms. The number of nitrogens with zero attached hydrogens (tertiary/aromatic N) is 1. The highest BCUT2D eigenvalue weighted by Gasteiger charge is 2.33. The van der Waals surface area contributed by atoms with E-state index in [1.54, 1.807) is 12.1 Å². The first-order chi connectivity index (χ1) is 8.95. The number of rotatable bonds is 3. The Balaban J connectivity index is 2.17. The van der Waals surface area contributed by atoms with Crippen molar-refractivity contribution in [3.63, 3.8) is 0 Å². The fraction of sp³-hybridized carbons (Fsp3) is 0.600. The number of halogens is 2. The maximum absolute atomic E-state index is 13.9. The third-order valence-electron chi connectivity index (χ3n) is 4.20. The van der Waals surface area contributed by atoms with Crippen molar-refractivity contribution in [3.05, 3.63) is 34.6 Å². The van der Waals surface area contributed by atoms with Crippen LogP contribution in [0.3, 0.4) is 0 Å². The molecule has 4 heteroatoms. The minimum absolute atomic E-state index is 0.101. The van der Waals surface area contributed by atoms with Crippen LogP contribution in [0.25, 0.3) is 0 Å². The van der Waals surface area contributed by atoms with Crippen LogP contribution in [0.4, 0.5) is 4.39 Å². The lowest BCUT2D eigenvalue weighted by molar-refractivity contribution is 0.0856. The van der Waals surface area contributed by atoms with E-state index in [4.69, 9.17) is 11.6 Å². The summed E-state index contributed by atoms with van der Waals surface area (Å²) in [5, 5.41) is 4.09. The zero-order valence-corrected chi connectivity index (χ0v) is 12.6. The Morgan fingerprint density at radius 1 is 1.53 bits per heavy atom. The Labute approximate surface area is 119 Å². The molecule has 0 saturated carbocycles. The van der Waals surface area contributed by atoms with Crippen LogP contribution < -0.4 is 5.32 Å². The number of nitrogens with one attached hydrogen (secondary N) is 1. The quantitative estimate of drug-likeness (QED) is 0.915. The molecule has 0 aromatic heterocycles. The second-order valence-electron chi connectivity index (χ2n) is 5.75. The van der Waals surface area contributed by atoms with E-state index < -0.39 is 0 Å². The molecular formula is C15H22ClFN2. The van der Waals surface area contributed by atoms with Crippen LogP contribution in [0.1, 0.15) is 32.8 Å². The second kappa shape index (κ2) is 5.78. The first-order valence-corrected chi connectivity index (χ1v) is 7.25. The van der Waals surface area contributed by atoms with Crippen LogP contribution in [0, 0.1) is 5.82 Å². The largest absolute Gasteiger partial charge is 0.309 e. The van der Waals surface area contributed by atoms with Crippen molar-refractivity contribution in [1.82, 2.24) is 10.2 Å². The lowest BCUT2D eigenvalue weighted by Gasteiger charge is -2.45. The highest BCUT2D eigenvalue weighted by atomic mass is 35.5. The van der Waals surface area contributed by atoms with Crippen LogP contribution in [0.5, 0.6) is 0 Å². The van der Waals surface area contributed by atoms with Gasteiger partial charge in [0.2, 0.25) is 0 Å². The first kappa shape index (κ1) is 14.8. The number of hydrogen-bond acceptors (Lipinski definition) is 2. The third-order valence-corrected chi connectivity index (χ3v) is 4.56. The fourth-order valence-electron chi connectivity index (χ4n) is 2.52. The topological polar surface area (TPSA) is 15.3 Å². The molecule has 0 spiro atoms. The van der Waals surface area contributed by atoms with E-state index in [9.17, 15) is 4.39 Å². The molecule has 2 rings (SSSR count). The predicted octanol–water partition coefficient (Wildman–Crippen LogP) is 3.44. The lowest BCUT2D eigenvalue weighted by Crippen LogP contribution is -2.61. The summed E-state index contributed by atoms with van der Waals surface area (Å²) in [5.74, 6) is -0.212. The smallest absolute Gasteiger partial charge is 0.129 e. The molecule has 1 aliphatic rings. The average molecular weight is 285 g/mol. The Morgan fingerprint density at radius 3 is 2.89 bits per heavy atom. The van der Waals surface area contributed by atoms with Gasteiger partial charge in [-0.25, -0.2) is 4.39 Å². The van der Waals surface area contributed by atoms with E-state index in [0.717, 1.165) is 19.5 Å². The van der Waals surface area contributed by atoms with Gasteiger partial charge in [-0.1, -0.05) is 24.6 Å². The first-order valence-electron chi connectivity index (χ1n) is 6.87. The minimum atomic E-state index is -0.212. The molecule has 2 unspecified atom stereocenters. The van der Waals surface area contributed by atoms with Crippen molar-refractivity contribution in [2.24, 2.45) is 0 Å². The van der Waals surface area contributed by atoms with Gasteiger partial charge < -0.3 is 5.32 Å². The van der Waals surface area contributed by atoms with Gasteiger partial charge in [0, 0.05) is 41.8 Å². The molecule has 1 fully saturated rings. The van der Waals surface area contributed by atoms with Gasteiger partial charge in [0.05, 0.1) is 0 Å². The number of piperazine rings is 1. The molecule has 1 aromatic rings. The van der Waals surface area contributed by atoms with Gasteiger partial charge in [-0.2, -0.15) is 0 Å². The molecular weight excluding hydrogens is 263 g/mol. The van der Waals surface area contributed by atoms with Gasteiger partial charge in [0.15, 0.2) is 0 Å². The van der Waals surface area contributed by atoms with Crippen molar-refractivity contribution >= 4 is 11.6 Å². The zero-order chi connectivity index (χ0) is 14.0. The Bertz CT molecular complexity index is 432. The van der Waals surface area contributed by atoms with Gasteiger partial charge >= 0.3 is 0 Å². The van der Waals surface area contributed by atoms with E-state index in [2.05, 4.69) is 31.0 Å². The molecule has 1 heterocycles. The Morgan fingerprint density at radius 2 is 2.26 bits per heavy atom. The molecule has 0 aliphatic carbocycles. The number of benzene rings is 1. The summed E-state index contributed by atoms with van der Waals surface area (Å²) in [7, 11) is 0. The van der Waals surface area contributed by atoms with Crippen molar-refractivity contribution in [3.8, 4) is 0 Å². The Hall–Kier alpha value is -0.640. The molecule has 1 N–H and O–H groups in total. The van der Waals surface area contributed by atoms with Crippen LogP contribution in [0.2, 0.25) is 5.02 Å². The summed E-state index contributed by atoms with van der Waals surface area (Å²) in [6.45, 7) is 8.97. The second-order valence-corrected chi connectivity index (χ2v) is 6.16. The zero-order valence-electron chi connectivity index (χ0n) is 11.8. The molecule has 106 valence electrons. The average Bonchev–Trinajstić information content (AvgIpc) is 2.38. The van der Waals surface area contributed by atoms with Crippen LogP contribution in [0.15, 0.2) is 18.2 Å². The van der Waals surface area contributed by atoms with Crippen molar-refractivity contribution in [2.75, 3.05) is 13.1 Å². The van der Waals surface area contributed by atoms with Gasteiger partial charge in [0.1, 0.15) is 5.82 Å². The van der Waals surface area contributed by atoms with E-state index >= 15 is 0 Å². The Kier molecular flexibility index (Phi) is 4.49. The van der Waals surface area contributed by atoms with E-state index in [1.165, 1.54) is 6.07 Å². The van der Waals surface area contributed by atoms with Crippen LogP contribution >= 0.6 is 11.6 Å². The highest BCUT2D eigenvalue weighted by Crippen LogP contribution is 2.25. The maximum Gasteiger partial charge on any atom is 0.129 e. The normalized spacial score (nSPS) is 28.6. The molecule has 1 aliphatic heterocycles. The molecule has 1 aromatic carbocycles. The molecule has 1 saturated heterocycles. The summed E-state index contributed by atoms with van der Waals surface area (Å²) in [5.41, 5.74) is 0.709. The summed E-state index contributed by atoms with van der Waals surface area (Å²) in [6.07, 6.45) is 1.06. The van der Waals surface area contributed by atoms with Crippen molar-refractivity contribution < 1.29 is 4.39 Å². The van der Waals surface area contributed by atoms with Gasteiger partial charge in [-0.15, -0.1) is 0 Å². The summed E-state index contributed by atoms with van der Waals surface area (Å²) < 4.78 is 13.9. The van der Waals surface area contributed by atoms with Crippen molar-refractivity contribution in [2.45, 2.75) is 45.3 Å². The SMILES string of the molecule is CCC1(C)CN(Cc2c(F)cccc2Cl)C(C)CN1. The molecule has 2 atom stereocenters. The predicted molar refractivity (Wildman–Crippen MR) is 78.0 cm³/mol. The van der Waals surface area contributed by atoms with Crippen LogP contribution in [-0.2, 0) is 6.54 Å². The number of hydrogen-bond donors (Lipinski definition) is 1. The minimum Gasteiger partial charge on any atom is -0.309 e. The van der Waals surface area contributed by atoms with Gasteiger partial charge in [0.25, 0.3) is 0 Å². The highest BCUT2D eigenvalue weighted by molar-refractivity contribution is 6.31. The molecule has 2 nitrogen and oxygen atoms in total. The summed E-state index contributed by atoms with van der Waals surface area (Å²) in [6, 6.07) is 5.27. The van der Waals surface area contributed by atoms with E-state index in [-0.39, 0.29) is 11.4 Å². The standard InChI is InChI=1S/C15H22ClFN2/c1-4-15(3)10-19(11(2)8-18-15)9-12-13(16)6-5-7-14(12)17/h5-7,11,18H,4,8-10H2,1-3H3. The van der Waals surface area contributed by atoms with Gasteiger partial charge in [-0.3, -0.25) is 4.90 Å². The van der Waals surface area contributed by atoms with Crippen LogP contribution in [-0.4, -0.2) is 29.6 Å². The lowest BCUT2D eigenvalue weighted by atomic mass is 9.93. The molecule has 0 radical (unpaired) electrons. The molecule has 19 heavy (non-hydrogen) atoms.